The summed E-state index contributed by atoms with van der Waals surface area (Å²) < 4.78 is 70.1. The van der Waals surface area contributed by atoms with Crippen molar-refractivity contribution in [1.82, 2.24) is 24.8 Å². The predicted octanol–water partition coefficient (Wildman–Crippen LogP) is 14.7. The lowest BCUT2D eigenvalue weighted by Crippen LogP contribution is -2.36. The summed E-state index contributed by atoms with van der Waals surface area (Å²) in [6, 6.07) is 47.3. The van der Waals surface area contributed by atoms with Crippen molar-refractivity contribution in [2.24, 2.45) is 0 Å². The van der Waals surface area contributed by atoms with Crippen LogP contribution in [0, 0.1) is 0 Å². The van der Waals surface area contributed by atoms with Crippen LogP contribution in [0.2, 0.25) is 0 Å². The van der Waals surface area contributed by atoms with Gasteiger partial charge in [-0.05, 0) is 91.0 Å². The zero-order valence-corrected chi connectivity index (χ0v) is 63.4. The van der Waals surface area contributed by atoms with Gasteiger partial charge in [-0.3, -0.25) is 33.8 Å². The molecule has 5 fully saturated rings. The van der Waals surface area contributed by atoms with Crippen molar-refractivity contribution in [1.29, 1.82) is 0 Å². The molecule has 0 spiro atoms. The van der Waals surface area contributed by atoms with Crippen LogP contribution < -0.4 is 47.3 Å². The third kappa shape index (κ3) is 18.3. The van der Waals surface area contributed by atoms with Crippen molar-refractivity contribution < 1.29 is 41.4 Å². The van der Waals surface area contributed by atoms with Gasteiger partial charge < -0.3 is 59.8 Å². The lowest BCUT2D eigenvalue weighted by Gasteiger charge is -2.29. The SMILES string of the molecule is O=C(CCl)Nc1ccc2c(c1)Sc1cccc(-c3cc(N4CCOCC4)cc(=O)[nH]3)c1S2.O=C(CN1CCC(F)(F)C1)Nc1ccc2c(c1)Sc1cccc(-c3cc(N4CCOCC4)cc(=O)[nH]3)c1S2.O=c1cc(N2CCOCC2)cc(-c2cccc3c2Sc2ccc(NCCN4CCC(F)(F)C4)cc2S3)[nH]1. The molecule has 6 aromatic carbocycles. The summed E-state index contributed by atoms with van der Waals surface area (Å²) >= 11 is 15.6. The smallest absolute Gasteiger partial charge is 0.261 e. The van der Waals surface area contributed by atoms with Crippen molar-refractivity contribution in [2.45, 2.75) is 83.4 Å². The van der Waals surface area contributed by atoms with E-state index in [0.29, 0.717) is 65.0 Å². The number of ether oxygens (including phenoxy) is 3. The number of hydrogen-bond acceptors (Lipinski definition) is 20. The lowest BCUT2D eigenvalue weighted by atomic mass is 10.1. The number of carbonyl (C=O) groups is 2. The molecule has 556 valence electrons. The second-order valence-corrected chi connectivity index (χ2v) is 33.2. The molecule has 5 saturated heterocycles. The highest BCUT2D eigenvalue weighted by atomic mass is 35.5. The quantitative estimate of drug-likeness (QED) is 0.0416. The van der Waals surface area contributed by atoms with Gasteiger partial charge in [-0.15, -0.1) is 11.6 Å². The van der Waals surface area contributed by atoms with Gasteiger partial charge in [0.1, 0.15) is 5.88 Å². The third-order valence-corrected chi connectivity index (χ3v) is 26.9. The first-order chi connectivity index (χ1) is 51.9. The van der Waals surface area contributed by atoms with Crippen LogP contribution in [0.1, 0.15) is 12.8 Å². The number of benzene rings is 6. The fourth-order valence-corrected chi connectivity index (χ4v) is 20.9. The lowest BCUT2D eigenvalue weighted by molar-refractivity contribution is -0.117. The zero-order chi connectivity index (χ0) is 73.8. The molecule has 6 N–H and O–H groups in total. The van der Waals surface area contributed by atoms with E-state index < -0.39 is 11.8 Å². The molecule has 0 saturated carbocycles. The van der Waals surface area contributed by atoms with Crippen molar-refractivity contribution in [2.75, 3.05) is 161 Å². The van der Waals surface area contributed by atoms with Gasteiger partial charge in [-0.2, -0.15) is 0 Å². The topological polar surface area (TPSA) is 213 Å². The van der Waals surface area contributed by atoms with Gasteiger partial charge >= 0.3 is 0 Å². The fraction of sp³-hybridized carbons (Fsp3) is 0.312. The molecule has 17 rings (SSSR count). The number of nitrogens with one attached hydrogen (secondary N) is 6. The van der Waals surface area contributed by atoms with Crippen LogP contribution in [0.4, 0.5) is 51.7 Å². The molecule has 0 bridgehead atoms. The minimum atomic E-state index is -2.72. The number of carbonyl (C=O) groups excluding carboxylic acids is 2. The normalized spacial score (nSPS) is 17.7. The van der Waals surface area contributed by atoms with Crippen LogP contribution in [0.25, 0.3) is 33.8 Å². The summed E-state index contributed by atoms with van der Waals surface area (Å²) in [5, 5.41) is 9.04. The molecular weight excluding hydrogens is 1510 g/mol. The van der Waals surface area contributed by atoms with E-state index in [1.807, 2.05) is 95.9 Å². The number of fused-ring (bicyclic) bond motifs is 6. The van der Waals surface area contributed by atoms with E-state index in [1.165, 1.54) is 4.90 Å². The van der Waals surface area contributed by atoms with Crippen LogP contribution >= 0.6 is 82.2 Å². The number of hydrogen-bond donors (Lipinski definition) is 6. The maximum atomic E-state index is 13.4. The Labute approximate surface area is 644 Å². The van der Waals surface area contributed by atoms with Crippen molar-refractivity contribution in [3.63, 3.8) is 0 Å². The number of halogens is 5. The Bertz CT molecular complexity index is 5020. The first-order valence-corrected chi connectivity index (χ1v) is 40.5. The van der Waals surface area contributed by atoms with Crippen LogP contribution in [-0.4, -0.2) is 179 Å². The molecule has 30 heteroatoms. The molecule has 11 heterocycles. The molecule has 0 aliphatic carbocycles. The largest absolute Gasteiger partial charge is 0.384 e. The van der Waals surface area contributed by atoms with Crippen LogP contribution in [0.15, 0.2) is 219 Å². The summed E-state index contributed by atoms with van der Waals surface area (Å²) in [4.78, 5) is 93.7. The first kappa shape index (κ1) is 74.7. The Morgan fingerprint density at radius 3 is 1.16 bits per heavy atom. The van der Waals surface area contributed by atoms with Crippen molar-refractivity contribution >= 4 is 128 Å². The van der Waals surface area contributed by atoms with E-state index in [-0.39, 0.29) is 73.4 Å². The third-order valence-electron chi connectivity index (χ3n) is 18.9. The van der Waals surface area contributed by atoms with Gasteiger partial charge in [-0.25, -0.2) is 17.6 Å². The average Bonchev–Trinajstić information content (AvgIpc) is 1.54. The molecule has 0 radical (unpaired) electrons. The van der Waals surface area contributed by atoms with Crippen molar-refractivity contribution in [3.8, 4) is 33.8 Å². The number of anilines is 6. The molecule has 3 aromatic heterocycles. The number of morpholine rings is 3. The van der Waals surface area contributed by atoms with E-state index in [0.717, 1.165) is 160 Å². The highest BCUT2D eigenvalue weighted by Gasteiger charge is 2.40. The second kappa shape index (κ2) is 33.2. The maximum Gasteiger partial charge on any atom is 0.261 e. The number of amides is 2. The van der Waals surface area contributed by atoms with E-state index in [9.17, 15) is 41.5 Å². The molecule has 2 amide bonds. The van der Waals surface area contributed by atoms with Crippen LogP contribution in [0.5, 0.6) is 0 Å². The highest BCUT2D eigenvalue weighted by Crippen LogP contribution is 2.55. The van der Waals surface area contributed by atoms with Gasteiger partial charge in [0, 0.05) is 206 Å². The first-order valence-electron chi connectivity index (χ1n) is 35.1. The molecule has 0 atom stereocenters. The molecule has 107 heavy (non-hydrogen) atoms. The standard InChI is InChI=1S/C27H26F2N4O3S2.C27H28F2N4O2S2.C23H20ClN3O3S2/c28-27(29)6-7-32(16-27)15-25(35)30-17-4-5-21-23(12-17)37-22-3-1-2-19(26(22)38-21)20-13-18(14-24(34)31-20)33-8-10-36-11-9-33;28-27(29)6-8-32(17-27)9-7-30-18-4-5-22-24(14-18)36-23-3-1-2-20(26(23)37-22)21-15-19(16-25(34)31-21)33-10-12-35-13-11-33;24-13-22(29)25-14-4-5-18-20(10-14)31-19-3-1-2-16(23(19)32-18)17-11-15(12-21(28)26-17)27-6-8-30-9-7-27/h1-5,12-14H,6-11,15-16H2,(H,30,35)(H,31,34);1-5,14-16,30H,6-13,17H2,(H,31,34);1-5,10-12H,6-9,13H2,(H,25,29)(H,26,28). The zero-order valence-electron chi connectivity index (χ0n) is 57.8. The minimum absolute atomic E-state index is 0.0491. The summed E-state index contributed by atoms with van der Waals surface area (Å²) in [5.41, 5.74) is 10.0. The van der Waals surface area contributed by atoms with E-state index >= 15 is 0 Å². The Kier molecular flexibility index (Phi) is 23.2. The van der Waals surface area contributed by atoms with E-state index in [4.69, 9.17) is 25.8 Å². The van der Waals surface area contributed by atoms with E-state index in [2.05, 4.69) is 82.0 Å². The summed E-state index contributed by atoms with van der Waals surface area (Å²) in [7, 11) is 0. The fourth-order valence-electron chi connectivity index (χ4n) is 13.6. The highest BCUT2D eigenvalue weighted by molar-refractivity contribution is 8.06. The summed E-state index contributed by atoms with van der Waals surface area (Å²) in [5.74, 6) is -5.88. The summed E-state index contributed by atoms with van der Waals surface area (Å²) in [6.45, 7) is 9.85. The Morgan fingerprint density at radius 1 is 0.421 bits per heavy atom. The number of aromatic nitrogens is 3. The molecule has 0 unspecified atom stereocenters. The number of alkyl halides is 5. The predicted molar refractivity (Wildman–Crippen MR) is 419 cm³/mol. The maximum absolute atomic E-state index is 13.4. The molecular formula is C77H74ClF4N11O8S6. The van der Waals surface area contributed by atoms with Crippen LogP contribution in [-0.2, 0) is 23.8 Å². The number of rotatable bonds is 15. The Balaban J connectivity index is 0.000000129. The number of pyridine rings is 3. The Hall–Kier alpha value is -7.78. The van der Waals surface area contributed by atoms with Gasteiger partial charge in [0.25, 0.3) is 11.8 Å². The number of nitrogens with zero attached hydrogens (tertiary/aromatic N) is 5. The monoisotopic (exact) mass is 1580 g/mol. The minimum Gasteiger partial charge on any atom is -0.384 e. The molecule has 8 aliphatic rings. The Morgan fingerprint density at radius 2 is 0.785 bits per heavy atom. The molecule has 9 aromatic rings. The van der Waals surface area contributed by atoms with Gasteiger partial charge in [0.05, 0.1) is 76.4 Å². The van der Waals surface area contributed by atoms with Gasteiger partial charge in [0.2, 0.25) is 28.5 Å². The second-order valence-electron chi connectivity index (χ2n) is 26.5. The van der Waals surface area contributed by atoms with Gasteiger partial charge in [-0.1, -0.05) is 107 Å². The number of likely N-dealkylation sites (tertiary alicyclic amines) is 2. The molecule has 8 aliphatic heterocycles. The average molecular weight is 1590 g/mol. The van der Waals surface area contributed by atoms with Crippen molar-refractivity contribution in [3.05, 3.63) is 177 Å². The number of aromatic amines is 3. The van der Waals surface area contributed by atoms with Crippen LogP contribution in [0.3, 0.4) is 0 Å². The number of H-pyrrole nitrogens is 3. The van der Waals surface area contributed by atoms with Gasteiger partial charge in [0.15, 0.2) is 0 Å². The summed E-state index contributed by atoms with van der Waals surface area (Å²) in [6.07, 6.45) is -0.258. The van der Waals surface area contributed by atoms with E-state index in [1.54, 1.807) is 88.8 Å². The molecule has 19 nitrogen and oxygen atoms in total.